The number of rotatable bonds is 0. The summed E-state index contributed by atoms with van der Waals surface area (Å²) in [5, 5.41) is 14.0. The van der Waals surface area contributed by atoms with Crippen LogP contribution in [-0.2, 0) is 12.8 Å². The quantitative estimate of drug-likeness (QED) is 0.312. The molecule has 0 saturated heterocycles. The monoisotopic (exact) mass is 410 g/mol. The minimum absolute atomic E-state index is 0.914. The zero-order valence-electron chi connectivity index (χ0n) is 18.9. The molecular weight excluding hydrogens is 376 g/mol. The summed E-state index contributed by atoms with van der Waals surface area (Å²) < 4.78 is 12.1. The van der Waals surface area contributed by atoms with Crippen LogP contribution in [0.1, 0.15) is 49.9 Å². The van der Waals surface area contributed by atoms with Crippen molar-refractivity contribution in [3.05, 3.63) is 82.9 Å². The number of ether oxygens (including phenoxy) is 2. The van der Waals surface area contributed by atoms with Crippen molar-refractivity contribution < 1.29 is 19.7 Å². The van der Waals surface area contributed by atoms with Crippen LogP contribution in [0.4, 0.5) is 0 Å². The third-order valence-electron chi connectivity index (χ3n) is 4.39. The highest BCUT2D eigenvalue weighted by atomic mass is 16.5. The first kappa shape index (κ1) is 25.2. The van der Waals surface area contributed by atoms with Gasteiger partial charge in [-0.1, -0.05) is 64.1 Å². The van der Waals surface area contributed by atoms with Gasteiger partial charge in [-0.3, -0.25) is 0 Å². The van der Waals surface area contributed by atoms with Gasteiger partial charge in [-0.15, -0.1) is 0 Å². The van der Waals surface area contributed by atoms with Crippen LogP contribution >= 0.6 is 0 Å². The van der Waals surface area contributed by atoms with Crippen LogP contribution in [0.25, 0.3) is 0 Å². The molecular formula is C26H34O4. The Kier molecular flexibility index (Phi) is 11.3. The molecule has 2 heterocycles. The van der Waals surface area contributed by atoms with Crippen molar-refractivity contribution in [3.8, 4) is 23.0 Å². The SMILES string of the molecule is CC.CC.CO.CO.c1ccc2c(c1)Cc1cc3c(cc1O2)Oc1ccccc1C3. The van der Waals surface area contributed by atoms with Crippen LogP contribution in [0.3, 0.4) is 0 Å². The zero-order chi connectivity index (χ0) is 22.5. The van der Waals surface area contributed by atoms with Gasteiger partial charge in [0.1, 0.15) is 23.0 Å². The van der Waals surface area contributed by atoms with Gasteiger partial charge in [-0.25, -0.2) is 0 Å². The van der Waals surface area contributed by atoms with Gasteiger partial charge in [0, 0.05) is 33.1 Å². The Morgan fingerprint density at radius 1 is 0.500 bits per heavy atom. The minimum Gasteiger partial charge on any atom is -0.457 e. The van der Waals surface area contributed by atoms with Crippen LogP contribution in [0.2, 0.25) is 0 Å². The number of aliphatic hydroxyl groups excluding tert-OH is 2. The highest BCUT2D eigenvalue weighted by molar-refractivity contribution is 5.58. The van der Waals surface area contributed by atoms with Crippen LogP contribution in [0, 0.1) is 0 Å². The molecule has 0 spiro atoms. The fourth-order valence-electron chi connectivity index (χ4n) is 3.27. The number of fused-ring (bicyclic) bond motifs is 4. The molecule has 30 heavy (non-hydrogen) atoms. The maximum atomic E-state index is 7.00. The third kappa shape index (κ3) is 5.62. The number of benzene rings is 3. The van der Waals surface area contributed by atoms with Crippen molar-refractivity contribution >= 4 is 0 Å². The van der Waals surface area contributed by atoms with E-state index in [0.717, 1.165) is 50.1 Å². The van der Waals surface area contributed by atoms with Gasteiger partial charge in [0.25, 0.3) is 0 Å². The van der Waals surface area contributed by atoms with E-state index in [9.17, 15) is 0 Å². The lowest BCUT2D eigenvalue weighted by molar-refractivity contribution is 0.399. The molecule has 4 nitrogen and oxygen atoms in total. The molecule has 0 fully saturated rings. The van der Waals surface area contributed by atoms with E-state index in [-0.39, 0.29) is 0 Å². The molecule has 2 aliphatic heterocycles. The lowest BCUT2D eigenvalue weighted by Gasteiger charge is -2.25. The Morgan fingerprint density at radius 2 is 0.867 bits per heavy atom. The normalized spacial score (nSPS) is 10.9. The van der Waals surface area contributed by atoms with Crippen molar-refractivity contribution in [2.75, 3.05) is 14.2 Å². The summed E-state index contributed by atoms with van der Waals surface area (Å²) in [6.07, 6.45) is 1.83. The zero-order valence-corrected chi connectivity index (χ0v) is 18.9. The van der Waals surface area contributed by atoms with Crippen LogP contribution < -0.4 is 9.47 Å². The molecule has 0 saturated carbocycles. The van der Waals surface area contributed by atoms with E-state index in [1.807, 2.05) is 58.0 Å². The fourth-order valence-corrected chi connectivity index (χ4v) is 3.27. The third-order valence-corrected chi connectivity index (χ3v) is 4.39. The van der Waals surface area contributed by atoms with E-state index in [4.69, 9.17) is 19.7 Å². The van der Waals surface area contributed by atoms with Crippen LogP contribution in [0.5, 0.6) is 23.0 Å². The molecule has 0 aromatic heterocycles. The second-order valence-corrected chi connectivity index (χ2v) is 5.84. The molecule has 4 heteroatoms. The first-order chi connectivity index (χ1) is 14.9. The lowest BCUT2D eigenvalue weighted by Crippen LogP contribution is -2.08. The van der Waals surface area contributed by atoms with Gasteiger partial charge in [0.2, 0.25) is 0 Å². The Morgan fingerprint density at radius 3 is 1.27 bits per heavy atom. The molecule has 3 aromatic rings. The summed E-state index contributed by atoms with van der Waals surface area (Å²) >= 11 is 0. The summed E-state index contributed by atoms with van der Waals surface area (Å²) in [5.74, 6) is 3.73. The first-order valence-electron chi connectivity index (χ1n) is 10.4. The molecule has 0 radical (unpaired) electrons. The fraction of sp³-hybridized carbons (Fsp3) is 0.308. The average Bonchev–Trinajstić information content (AvgIpc) is 2.85. The predicted octanol–water partition coefficient (Wildman–Crippen LogP) is 6.35. The molecule has 0 unspecified atom stereocenters. The van der Waals surface area contributed by atoms with Gasteiger partial charge < -0.3 is 19.7 Å². The van der Waals surface area contributed by atoms with E-state index < -0.39 is 0 Å². The summed E-state index contributed by atoms with van der Waals surface area (Å²) in [5.41, 5.74) is 4.96. The molecule has 3 aromatic carbocycles. The van der Waals surface area contributed by atoms with Crippen LogP contribution in [0.15, 0.2) is 60.7 Å². The van der Waals surface area contributed by atoms with E-state index in [1.54, 1.807) is 0 Å². The molecule has 0 amide bonds. The van der Waals surface area contributed by atoms with Crippen molar-refractivity contribution in [2.45, 2.75) is 40.5 Å². The van der Waals surface area contributed by atoms with Crippen molar-refractivity contribution in [1.29, 1.82) is 0 Å². The number of hydrogen-bond acceptors (Lipinski definition) is 4. The molecule has 2 N–H and O–H groups in total. The molecule has 0 aliphatic carbocycles. The molecule has 5 rings (SSSR count). The van der Waals surface area contributed by atoms with Gasteiger partial charge in [0.15, 0.2) is 0 Å². The first-order valence-corrected chi connectivity index (χ1v) is 10.4. The maximum Gasteiger partial charge on any atom is 0.134 e. The van der Waals surface area contributed by atoms with Gasteiger partial charge >= 0.3 is 0 Å². The topological polar surface area (TPSA) is 58.9 Å². The van der Waals surface area contributed by atoms with Crippen LogP contribution in [-0.4, -0.2) is 24.4 Å². The highest BCUT2D eigenvalue weighted by Gasteiger charge is 2.23. The van der Waals surface area contributed by atoms with Gasteiger partial charge in [0.05, 0.1) is 0 Å². The second kappa shape index (κ2) is 13.4. The number of aliphatic hydroxyl groups is 2. The number of hydrogen-bond donors (Lipinski definition) is 2. The average molecular weight is 411 g/mol. The Hall–Kier alpha value is -2.82. The summed E-state index contributed by atoms with van der Waals surface area (Å²) in [4.78, 5) is 0. The standard InChI is InChI=1S/C20H14O2.2C2H6.2CH4O/c1-3-7-17-13(5-1)9-15-11-16-10-14-6-2-4-8-18(14)22-20(16)12-19(15)21-17;4*1-2/h1-8,11-12H,9-10H2;2*1-2H3;2*2H,1H3. The Balaban J connectivity index is 0.000000509. The van der Waals surface area contributed by atoms with Crippen molar-refractivity contribution in [3.63, 3.8) is 0 Å². The van der Waals surface area contributed by atoms with Gasteiger partial charge in [-0.05, 0) is 40.5 Å². The summed E-state index contributed by atoms with van der Waals surface area (Å²) in [6, 6.07) is 20.7. The Labute approximate surface area is 180 Å². The minimum atomic E-state index is 0.914. The molecule has 162 valence electrons. The molecule has 0 atom stereocenters. The molecule has 2 aliphatic rings. The largest absolute Gasteiger partial charge is 0.457 e. The predicted molar refractivity (Wildman–Crippen MR) is 124 cm³/mol. The highest BCUT2D eigenvalue weighted by Crippen LogP contribution is 2.44. The second-order valence-electron chi connectivity index (χ2n) is 5.84. The van der Waals surface area contributed by atoms with Gasteiger partial charge in [-0.2, -0.15) is 0 Å². The number of para-hydroxylation sites is 2. The lowest BCUT2D eigenvalue weighted by atomic mass is 9.94. The van der Waals surface area contributed by atoms with E-state index in [0.29, 0.717) is 0 Å². The summed E-state index contributed by atoms with van der Waals surface area (Å²) in [7, 11) is 2.00. The van der Waals surface area contributed by atoms with E-state index in [2.05, 4.69) is 30.3 Å². The van der Waals surface area contributed by atoms with E-state index >= 15 is 0 Å². The maximum absolute atomic E-state index is 7.00. The van der Waals surface area contributed by atoms with E-state index in [1.165, 1.54) is 22.3 Å². The van der Waals surface area contributed by atoms with Crippen molar-refractivity contribution in [1.82, 2.24) is 0 Å². The molecule has 0 bridgehead atoms. The Bertz CT molecular complexity index is 760. The smallest absolute Gasteiger partial charge is 0.134 e. The summed E-state index contributed by atoms with van der Waals surface area (Å²) in [6.45, 7) is 8.00. The van der Waals surface area contributed by atoms with Crippen molar-refractivity contribution in [2.24, 2.45) is 0 Å².